The number of hydrogen-bond donors (Lipinski definition) is 1. The van der Waals surface area contributed by atoms with Crippen LogP contribution in [0.5, 0.6) is 11.5 Å². The van der Waals surface area contributed by atoms with Gasteiger partial charge in [-0.15, -0.1) is 0 Å². The first kappa shape index (κ1) is 22.1. The van der Waals surface area contributed by atoms with Crippen molar-refractivity contribution < 1.29 is 24.0 Å². The third kappa shape index (κ3) is 5.30. The van der Waals surface area contributed by atoms with Crippen molar-refractivity contribution in [1.82, 2.24) is 10.2 Å². The van der Waals surface area contributed by atoms with Gasteiger partial charge in [0.25, 0.3) is 11.6 Å². The Morgan fingerprint density at radius 3 is 2.42 bits per heavy atom. The molecule has 0 aromatic heterocycles. The number of nitro benzene ring substituents is 1. The number of carbonyl (C=O) groups is 2. The van der Waals surface area contributed by atoms with Gasteiger partial charge >= 0.3 is 0 Å². The van der Waals surface area contributed by atoms with Crippen molar-refractivity contribution in [2.75, 3.05) is 26.3 Å². The predicted molar refractivity (Wildman–Crippen MR) is 113 cm³/mol. The van der Waals surface area contributed by atoms with Gasteiger partial charge in [-0.1, -0.05) is 6.07 Å². The highest BCUT2D eigenvalue weighted by atomic mass is 16.6. The molecule has 1 aliphatic heterocycles. The molecule has 2 aromatic rings. The number of nitrogens with one attached hydrogen (secondary N) is 1. The van der Waals surface area contributed by atoms with Crippen molar-refractivity contribution >= 4 is 17.5 Å². The average molecular weight is 427 g/mol. The molecular formula is C22H25N3O6. The van der Waals surface area contributed by atoms with Crippen LogP contribution in [0.3, 0.4) is 0 Å². The molecule has 0 atom stereocenters. The van der Waals surface area contributed by atoms with Gasteiger partial charge in [-0.2, -0.15) is 0 Å². The van der Waals surface area contributed by atoms with Gasteiger partial charge in [-0.05, 0) is 49.6 Å². The van der Waals surface area contributed by atoms with Crippen molar-refractivity contribution in [3.05, 3.63) is 63.2 Å². The summed E-state index contributed by atoms with van der Waals surface area (Å²) >= 11 is 0. The van der Waals surface area contributed by atoms with Gasteiger partial charge in [0.2, 0.25) is 5.91 Å². The van der Waals surface area contributed by atoms with Gasteiger partial charge < -0.3 is 19.7 Å². The predicted octanol–water partition coefficient (Wildman–Crippen LogP) is 2.71. The fraction of sp³-hybridized carbons (Fsp3) is 0.364. The van der Waals surface area contributed by atoms with Gasteiger partial charge in [0.15, 0.2) is 11.5 Å². The minimum Gasteiger partial charge on any atom is -0.490 e. The Hall–Kier alpha value is -3.62. The lowest BCUT2D eigenvalue weighted by atomic mass is 9.98. The highest BCUT2D eigenvalue weighted by Gasteiger charge is 2.23. The van der Waals surface area contributed by atoms with E-state index in [1.807, 2.05) is 26.0 Å². The topological polar surface area (TPSA) is 111 Å². The number of hydrogen-bond acceptors (Lipinski definition) is 6. The number of amides is 2. The van der Waals surface area contributed by atoms with Gasteiger partial charge in [0.1, 0.15) is 0 Å². The maximum atomic E-state index is 12.6. The third-order valence-electron chi connectivity index (χ3n) is 4.95. The van der Waals surface area contributed by atoms with Crippen LogP contribution in [0.25, 0.3) is 0 Å². The zero-order valence-corrected chi connectivity index (χ0v) is 17.6. The SMILES string of the molecule is CCOc1cc2c(cc1OCC)CN(C(=O)CNC(=O)c1cccc([N+](=O)[O-])c1)CC2. The Kier molecular flexibility index (Phi) is 7.07. The first-order valence-corrected chi connectivity index (χ1v) is 10.1. The molecule has 1 N–H and O–H groups in total. The number of benzene rings is 2. The molecule has 2 aromatic carbocycles. The Labute approximate surface area is 180 Å². The van der Waals surface area contributed by atoms with Crippen LogP contribution >= 0.6 is 0 Å². The number of fused-ring (bicyclic) bond motifs is 1. The molecule has 9 nitrogen and oxygen atoms in total. The van der Waals surface area contributed by atoms with E-state index in [2.05, 4.69) is 5.32 Å². The molecule has 0 saturated heterocycles. The maximum Gasteiger partial charge on any atom is 0.270 e. The summed E-state index contributed by atoms with van der Waals surface area (Å²) in [5, 5.41) is 13.4. The van der Waals surface area contributed by atoms with Crippen molar-refractivity contribution in [3.63, 3.8) is 0 Å². The van der Waals surface area contributed by atoms with Crippen LogP contribution in [0.1, 0.15) is 35.3 Å². The first-order chi connectivity index (χ1) is 14.9. The number of ether oxygens (including phenoxy) is 2. The Balaban J connectivity index is 1.64. The minimum absolute atomic E-state index is 0.135. The summed E-state index contributed by atoms with van der Waals surface area (Å²) in [6.07, 6.45) is 0.673. The van der Waals surface area contributed by atoms with Crippen molar-refractivity contribution in [3.8, 4) is 11.5 Å². The molecule has 9 heteroatoms. The molecule has 3 rings (SSSR count). The van der Waals surface area contributed by atoms with Crippen molar-refractivity contribution in [2.45, 2.75) is 26.8 Å². The minimum atomic E-state index is -0.569. The van der Waals surface area contributed by atoms with Crippen molar-refractivity contribution in [1.29, 1.82) is 0 Å². The number of rotatable bonds is 8. The molecule has 0 unspecified atom stereocenters. The molecular weight excluding hydrogens is 402 g/mol. The first-order valence-electron chi connectivity index (χ1n) is 10.1. The van der Waals surface area contributed by atoms with Gasteiger partial charge in [0.05, 0.1) is 24.7 Å². The molecule has 0 fully saturated rings. The van der Waals surface area contributed by atoms with Crippen LogP contribution in [-0.2, 0) is 17.8 Å². The van der Waals surface area contributed by atoms with E-state index in [9.17, 15) is 19.7 Å². The van der Waals surface area contributed by atoms with E-state index in [1.54, 1.807) is 4.90 Å². The second kappa shape index (κ2) is 9.92. The van der Waals surface area contributed by atoms with E-state index in [4.69, 9.17) is 9.47 Å². The summed E-state index contributed by atoms with van der Waals surface area (Å²) < 4.78 is 11.3. The molecule has 164 valence electrons. The van der Waals surface area contributed by atoms with Crippen LogP contribution in [-0.4, -0.2) is 47.9 Å². The van der Waals surface area contributed by atoms with Crippen LogP contribution < -0.4 is 14.8 Å². The number of nitro groups is 1. The van der Waals surface area contributed by atoms with E-state index in [-0.39, 0.29) is 23.7 Å². The lowest BCUT2D eigenvalue weighted by Crippen LogP contribution is -2.42. The van der Waals surface area contributed by atoms with E-state index in [0.29, 0.717) is 44.2 Å². The normalized spacial score (nSPS) is 12.6. The van der Waals surface area contributed by atoms with Crippen LogP contribution in [0.2, 0.25) is 0 Å². The van der Waals surface area contributed by atoms with Crippen LogP contribution in [0.4, 0.5) is 5.69 Å². The Bertz CT molecular complexity index is 991. The number of carbonyl (C=O) groups excluding carboxylic acids is 2. The summed E-state index contributed by atoms with van der Waals surface area (Å²) in [7, 11) is 0. The lowest BCUT2D eigenvalue weighted by Gasteiger charge is -2.30. The summed E-state index contributed by atoms with van der Waals surface area (Å²) in [5.74, 6) is 0.592. The molecule has 1 heterocycles. The average Bonchev–Trinajstić information content (AvgIpc) is 2.77. The molecule has 0 saturated carbocycles. The largest absolute Gasteiger partial charge is 0.490 e. The molecule has 0 radical (unpaired) electrons. The highest BCUT2D eigenvalue weighted by Crippen LogP contribution is 2.33. The Morgan fingerprint density at radius 1 is 1.10 bits per heavy atom. The standard InChI is InChI=1S/C22H25N3O6/c1-3-30-19-11-15-8-9-24(14-17(15)12-20(19)31-4-2)21(26)13-23-22(27)16-6-5-7-18(10-16)25(28)29/h5-7,10-12H,3-4,8-9,13-14H2,1-2H3,(H,23,27). The maximum absolute atomic E-state index is 12.6. The number of nitrogens with zero attached hydrogens (tertiary/aromatic N) is 2. The van der Waals surface area contributed by atoms with Gasteiger partial charge in [-0.3, -0.25) is 19.7 Å². The van der Waals surface area contributed by atoms with E-state index in [0.717, 1.165) is 11.1 Å². The molecule has 31 heavy (non-hydrogen) atoms. The zero-order chi connectivity index (χ0) is 22.4. The van der Waals surface area contributed by atoms with Gasteiger partial charge in [-0.25, -0.2) is 0 Å². The smallest absolute Gasteiger partial charge is 0.270 e. The Morgan fingerprint density at radius 2 is 1.77 bits per heavy atom. The summed E-state index contributed by atoms with van der Waals surface area (Å²) in [5.41, 5.74) is 2.05. The van der Waals surface area contributed by atoms with Crippen LogP contribution in [0.15, 0.2) is 36.4 Å². The monoisotopic (exact) mass is 427 g/mol. The van der Waals surface area contributed by atoms with Gasteiger partial charge in [0, 0.05) is 30.8 Å². The fourth-order valence-electron chi connectivity index (χ4n) is 3.44. The molecule has 0 bridgehead atoms. The second-order valence-corrected chi connectivity index (χ2v) is 6.99. The van der Waals surface area contributed by atoms with E-state index >= 15 is 0 Å². The molecule has 0 spiro atoms. The quantitative estimate of drug-likeness (QED) is 0.512. The molecule has 0 aliphatic carbocycles. The third-order valence-corrected chi connectivity index (χ3v) is 4.95. The molecule has 1 aliphatic rings. The fourth-order valence-corrected chi connectivity index (χ4v) is 3.44. The summed E-state index contributed by atoms with van der Waals surface area (Å²) in [4.78, 5) is 36.9. The zero-order valence-electron chi connectivity index (χ0n) is 17.6. The second-order valence-electron chi connectivity index (χ2n) is 6.99. The lowest BCUT2D eigenvalue weighted by molar-refractivity contribution is -0.384. The van der Waals surface area contributed by atoms with E-state index in [1.165, 1.54) is 24.3 Å². The molecule has 2 amide bonds. The number of non-ortho nitro benzene ring substituents is 1. The van der Waals surface area contributed by atoms with Crippen molar-refractivity contribution in [2.24, 2.45) is 0 Å². The summed E-state index contributed by atoms with van der Waals surface area (Å²) in [6, 6.07) is 9.27. The highest BCUT2D eigenvalue weighted by molar-refractivity contribution is 5.97. The van der Waals surface area contributed by atoms with E-state index < -0.39 is 10.8 Å². The van der Waals surface area contributed by atoms with Crippen LogP contribution in [0, 0.1) is 10.1 Å². The summed E-state index contributed by atoms with van der Waals surface area (Å²) in [6.45, 7) is 5.60.